The molecule has 0 atom stereocenters. The first kappa shape index (κ1) is 13.5. The Morgan fingerprint density at radius 2 is 1.94 bits per heavy atom. The van der Waals surface area contributed by atoms with Crippen LogP contribution >= 0.6 is 34.4 Å². The van der Waals surface area contributed by atoms with Crippen LogP contribution in [0.5, 0.6) is 0 Å². The Morgan fingerprint density at radius 3 is 2.44 bits per heavy atom. The molecule has 0 unspecified atom stereocenters. The van der Waals surface area contributed by atoms with Crippen LogP contribution in [0.15, 0.2) is 4.34 Å². The monoisotopic (exact) mass is 300 g/mol. The lowest BCUT2D eigenvalue weighted by Gasteiger charge is -1.92. The molecule has 18 heavy (non-hydrogen) atoms. The standard InChI is InChI=1S/C11H12N2O2S3/c1-5-7(3)17-8(12-5)4-16-11-13-6(2)9(18-11)10(14)15/h4H2,1-3H3,(H,14,15). The summed E-state index contributed by atoms with van der Waals surface area (Å²) >= 11 is 4.45. The molecular weight excluding hydrogens is 288 g/mol. The van der Waals surface area contributed by atoms with Crippen LogP contribution in [0.2, 0.25) is 0 Å². The van der Waals surface area contributed by atoms with Gasteiger partial charge in [0.2, 0.25) is 0 Å². The average Bonchev–Trinajstić information content (AvgIpc) is 2.80. The van der Waals surface area contributed by atoms with Gasteiger partial charge < -0.3 is 5.11 Å². The van der Waals surface area contributed by atoms with Crippen LogP contribution in [-0.2, 0) is 5.75 Å². The van der Waals surface area contributed by atoms with Crippen molar-refractivity contribution in [2.24, 2.45) is 0 Å². The summed E-state index contributed by atoms with van der Waals surface area (Å²) < 4.78 is 0.787. The van der Waals surface area contributed by atoms with E-state index in [-0.39, 0.29) is 0 Å². The van der Waals surface area contributed by atoms with Gasteiger partial charge in [-0.05, 0) is 20.8 Å². The van der Waals surface area contributed by atoms with Crippen molar-refractivity contribution in [1.29, 1.82) is 0 Å². The van der Waals surface area contributed by atoms with Gasteiger partial charge in [-0.25, -0.2) is 14.8 Å². The summed E-state index contributed by atoms with van der Waals surface area (Å²) in [4.78, 5) is 21.2. The van der Waals surface area contributed by atoms with Gasteiger partial charge in [0.05, 0.1) is 17.1 Å². The number of aromatic nitrogens is 2. The number of hydrogen-bond donors (Lipinski definition) is 1. The number of carboxylic acids is 1. The molecule has 2 heterocycles. The topological polar surface area (TPSA) is 63.1 Å². The number of aromatic carboxylic acids is 1. The quantitative estimate of drug-likeness (QED) is 0.875. The predicted molar refractivity (Wildman–Crippen MR) is 75.0 cm³/mol. The van der Waals surface area contributed by atoms with E-state index in [1.54, 1.807) is 18.3 Å². The zero-order chi connectivity index (χ0) is 13.3. The highest BCUT2D eigenvalue weighted by atomic mass is 32.2. The predicted octanol–water partition coefficient (Wildman–Crippen LogP) is 3.52. The molecule has 2 rings (SSSR count). The van der Waals surface area contributed by atoms with E-state index >= 15 is 0 Å². The number of nitrogens with zero attached hydrogens (tertiary/aromatic N) is 2. The molecule has 0 saturated heterocycles. The fraction of sp³-hybridized carbons (Fsp3) is 0.364. The van der Waals surface area contributed by atoms with Crippen LogP contribution < -0.4 is 0 Å². The van der Waals surface area contributed by atoms with E-state index in [1.165, 1.54) is 28.0 Å². The minimum atomic E-state index is -0.905. The maximum Gasteiger partial charge on any atom is 0.347 e. The molecule has 1 N–H and O–H groups in total. The molecule has 0 aromatic carbocycles. The summed E-state index contributed by atoms with van der Waals surface area (Å²) in [5.74, 6) is -0.163. The second-order valence-electron chi connectivity index (χ2n) is 3.74. The van der Waals surface area contributed by atoms with Gasteiger partial charge in [0.25, 0.3) is 0 Å². The highest BCUT2D eigenvalue weighted by Gasteiger charge is 2.14. The van der Waals surface area contributed by atoms with E-state index in [2.05, 4.69) is 16.9 Å². The molecule has 0 radical (unpaired) electrons. The lowest BCUT2D eigenvalue weighted by Crippen LogP contribution is -1.94. The first-order valence-corrected chi connectivity index (χ1v) is 7.85. The molecule has 0 spiro atoms. The van der Waals surface area contributed by atoms with Crippen molar-refractivity contribution in [2.45, 2.75) is 30.9 Å². The highest BCUT2D eigenvalue weighted by Crippen LogP contribution is 2.31. The average molecular weight is 300 g/mol. The largest absolute Gasteiger partial charge is 0.477 e. The maximum atomic E-state index is 10.9. The van der Waals surface area contributed by atoms with Crippen molar-refractivity contribution in [1.82, 2.24) is 9.97 Å². The van der Waals surface area contributed by atoms with Crippen LogP contribution in [-0.4, -0.2) is 21.0 Å². The van der Waals surface area contributed by atoms with Gasteiger partial charge in [-0.2, -0.15) is 0 Å². The summed E-state index contributed by atoms with van der Waals surface area (Å²) in [6.45, 7) is 5.77. The molecular formula is C11H12N2O2S3. The molecule has 4 nitrogen and oxygen atoms in total. The van der Waals surface area contributed by atoms with E-state index < -0.39 is 5.97 Å². The Morgan fingerprint density at radius 1 is 1.22 bits per heavy atom. The van der Waals surface area contributed by atoms with E-state index in [1.807, 2.05) is 6.92 Å². The first-order valence-electron chi connectivity index (χ1n) is 5.24. The Kier molecular flexibility index (Phi) is 4.04. The minimum absolute atomic E-state index is 0.323. The second-order valence-corrected chi connectivity index (χ2v) is 7.25. The van der Waals surface area contributed by atoms with Crippen LogP contribution in [0.3, 0.4) is 0 Å². The number of thioether (sulfide) groups is 1. The molecule has 2 aromatic heterocycles. The fourth-order valence-corrected chi connectivity index (χ4v) is 4.31. The Hall–Kier alpha value is -0.920. The summed E-state index contributed by atoms with van der Waals surface area (Å²) in [5.41, 5.74) is 1.65. The normalized spacial score (nSPS) is 10.8. The molecule has 0 saturated carbocycles. The number of rotatable bonds is 4. The smallest absolute Gasteiger partial charge is 0.347 e. The lowest BCUT2D eigenvalue weighted by molar-refractivity contribution is 0.0701. The number of aryl methyl sites for hydroxylation is 3. The molecule has 0 aliphatic rings. The van der Waals surface area contributed by atoms with Gasteiger partial charge in [-0.3, -0.25) is 0 Å². The third kappa shape index (κ3) is 2.90. The molecule has 0 aliphatic carbocycles. The molecule has 0 aliphatic heterocycles. The van der Waals surface area contributed by atoms with E-state index in [0.717, 1.165) is 20.8 Å². The molecule has 2 aromatic rings. The SMILES string of the molecule is Cc1nc(CSc2nc(C)c(C(=O)O)s2)sc1C. The number of carboxylic acid groups (broad SMARTS) is 1. The maximum absolute atomic E-state index is 10.9. The Labute approximate surface area is 117 Å². The number of carbonyl (C=O) groups is 1. The number of hydrogen-bond acceptors (Lipinski definition) is 6. The summed E-state index contributed by atoms with van der Waals surface area (Å²) in [7, 11) is 0. The summed E-state index contributed by atoms with van der Waals surface area (Å²) in [6.07, 6.45) is 0. The Bertz CT molecular complexity index is 570. The minimum Gasteiger partial charge on any atom is -0.477 e. The lowest BCUT2D eigenvalue weighted by atomic mass is 10.4. The van der Waals surface area contributed by atoms with E-state index in [4.69, 9.17) is 5.11 Å². The van der Waals surface area contributed by atoms with Gasteiger partial charge in [-0.1, -0.05) is 11.8 Å². The van der Waals surface area contributed by atoms with Gasteiger partial charge >= 0.3 is 5.97 Å². The second kappa shape index (κ2) is 5.38. The van der Waals surface area contributed by atoms with Gasteiger partial charge in [-0.15, -0.1) is 22.7 Å². The van der Waals surface area contributed by atoms with Crippen molar-refractivity contribution in [2.75, 3.05) is 0 Å². The van der Waals surface area contributed by atoms with Crippen LogP contribution in [0.1, 0.15) is 30.9 Å². The summed E-state index contributed by atoms with van der Waals surface area (Å²) in [5, 5.41) is 10.0. The number of thiazole rings is 2. The fourth-order valence-electron chi connectivity index (χ4n) is 1.36. The van der Waals surface area contributed by atoms with Crippen molar-refractivity contribution in [3.63, 3.8) is 0 Å². The third-order valence-electron chi connectivity index (χ3n) is 2.36. The van der Waals surface area contributed by atoms with Gasteiger partial charge in [0.1, 0.15) is 9.88 Å². The van der Waals surface area contributed by atoms with E-state index in [9.17, 15) is 4.79 Å². The third-order valence-corrected chi connectivity index (χ3v) is 5.92. The first-order chi connectivity index (χ1) is 8.47. The summed E-state index contributed by atoms with van der Waals surface area (Å²) in [6, 6.07) is 0. The van der Waals surface area contributed by atoms with Crippen molar-refractivity contribution < 1.29 is 9.90 Å². The zero-order valence-electron chi connectivity index (χ0n) is 10.2. The van der Waals surface area contributed by atoms with E-state index in [0.29, 0.717) is 10.6 Å². The van der Waals surface area contributed by atoms with Gasteiger partial charge in [0, 0.05) is 4.88 Å². The molecule has 0 amide bonds. The molecule has 0 fully saturated rings. The Balaban J connectivity index is 2.06. The molecule has 7 heteroatoms. The van der Waals surface area contributed by atoms with Crippen LogP contribution in [0, 0.1) is 20.8 Å². The highest BCUT2D eigenvalue weighted by molar-refractivity contribution is 8.00. The zero-order valence-corrected chi connectivity index (χ0v) is 12.6. The van der Waals surface area contributed by atoms with Crippen LogP contribution in [0.4, 0.5) is 0 Å². The van der Waals surface area contributed by atoms with Gasteiger partial charge in [0.15, 0.2) is 4.34 Å². The van der Waals surface area contributed by atoms with Crippen molar-refractivity contribution in [3.05, 3.63) is 26.1 Å². The molecule has 0 bridgehead atoms. The van der Waals surface area contributed by atoms with Crippen molar-refractivity contribution >= 4 is 40.4 Å². The molecule has 96 valence electrons. The van der Waals surface area contributed by atoms with Crippen molar-refractivity contribution in [3.8, 4) is 0 Å². The van der Waals surface area contributed by atoms with Crippen LogP contribution in [0.25, 0.3) is 0 Å².